The molecule has 0 radical (unpaired) electrons. The summed E-state index contributed by atoms with van der Waals surface area (Å²) in [6, 6.07) is 3.37. The number of carbonyl (C=O) groups excluding carboxylic acids is 1. The molecule has 22 heavy (non-hydrogen) atoms. The fraction of sp³-hybridized carbons (Fsp3) is 0.467. The van der Waals surface area contributed by atoms with E-state index in [1.165, 1.54) is 12.8 Å². The summed E-state index contributed by atoms with van der Waals surface area (Å²) in [6.07, 6.45) is 5.98. The van der Waals surface area contributed by atoms with Crippen LogP contribution in [0.2, 0.25) is 0 Å². The lowest BCUT2D eigenvalue weighted by Crippen LogP contribution is -2.28. The van der Waals surface area contributed by atoms with E-state index in [9.17, 15) is 4.79 Å². The van der Waals surface area contributed by atoms with E-state index in [0.717, 1.165) is 17.2 Å². The predicted octanol–water partition coefficient (Wildman–Crippen LogP) is 2.45. The monoisotopic (exact) mass is 318 g/mol. The van der Waals surface area contributed by atoms with Crippen molar-refractivity contribution in [2.45, 2.75) is 25.8 Å². The van der Waals surface area contributed by atoms with Crippen molar-refractivity contribution in [3.8, 4) is 11.4 Å². The molecule has 3 rings (SSSR count). The van der Waals surface area contributed by atoms with E-state index < -0.39 is 0 Å². The minimum absolute atomic E-state index is 0.000669. The van der Waals surface area contributed by atoms with Crippen LogP contribution in [0.4, 0.5) is 0 Å². The van der Waals surface area contributed by atoms with E-state index >= 15 is 0 Å². The van der Waals surface area contributed by atoms with E-state index in [2.05, 4.69) is 20.4 Å². The van der Waals surface area contributed by atoms with Crippen LogP contribution < -0.4 is 5.32 Å². The Morgan fingerprint density at radius 3 is 3.14 bits per heavy atom. The lowest BCUT2D eigenvalue weighted by molar-refractivity contribution is -0.119. The van der Waals surface area contributed by atoms with Crippen LogP contribution in [0.1, 0.15) is 31.7 Å². The highest BCUT2D eigenvalue weighted by atomic mass is 32.2. The molecule has 0 aliphatic heterocycles. The third-order valence-corrected chi connectivity index (χ3v) is 4.57. The molecule has 1 aliphatic carbocycles. The van der Waals surface area contributed by atoms with Crippen LogP contribution in [0.25, 0.3) is 11.4 Å². The minimum atomic E-state index is -0.299. The largest absolute Gasteiger partial charge is 0.344 e. The molecule has 1 unspecified atom stereocenters. The van der Waals surface area contributed by atoms with Crippen molar-refractivity contribution in [3.63, 3.8) is 0 Å². The number of nitrogens with one attached hydrogen (secondary N) is 1. The molecule has 0 saturated heterocycles. The molecule has 1 N–H and O–H groups in total. The second-order valence-electron chi connectivity index (χ2n) is 5.45. The Hall–Kier alpha value is -1.89. The van der Waals surface area contributed by atoms with Gasteiger partial charge in [-0.2, -0.15) is 16.7 Å². The van der Waals surface area contributed by atoms with Gasteiger partial charge in [0.1, 0.15) is 6.04 Å². The standard InChI is InChI=1S/C15H18N4O2S/c1-10(17-13(20)9-22-8-11-4-5-11)15-18-14(19-21-15)12-3-2-6-16-7-12/h2-3,6-7,10-11H,4-5,8-9H2,1H3,(H,17,20). The lowest BCUT2D eigenvalue weighted by atomic mass is 10.3. The molecule has 7 heteroatoms. The average Bonchev–Trinajstić information content (AvgIpc) is 3.21. The smallest absolute Gasteiger partial charge is 0.249 e. The third kappa shape index (κ3) is 4.07. The molecule has 2 aromatic heterocycles. The Morgan fingerprint density at radius 2 is 2.41 bits per heavy atom. The highest BCUT2D eigenvalue weighted by Crippen LogP contribution is 2.32. The molecule has 0 bridgehead atoms. The second kappa shape index (κ2) is 6.91. The van der Waals surface area contributed by atoms with Crippen LogP contribution in [0.3, 0.4) is 0 Å². The van der Waals surface area contributed by atoms with Gasteiger partial charge in [0.2, 0.25) is 17.6 Å². The molecule has 2 heterocycles. The number of rotatable bonds is 7. The quantitative estimate of drug-likeness (QED) is 0.844. The second-order valence-corrected chi connectivity index (χ2v) is 6.48. The molecule has 1 fully saturated rings. The fourth-order valence-corrected chi connectivity index (χ4v) is 3.02. The van der Waals surface area contributed by atoms with E-state index in [0.29, 0.717) is 17.5 Å². The molecular formula is C15H18N4O2S. The molecule has 1 aliphatic rings. The highest BCUT2D eigenvalue weighted by molar-refractivity contribution is 7.99. The van der Waals surface area contributed by atoms with Gasteiger partial charge in [-0.1, -0.05) is 5.16 Å². The first-order valence-electron chi connectivity index (χ1n) is 7.33. The number of pyridine rings is 1. The molecular weight excluding hydrogens is 300 g/mol. The van der Waals surface area contributed by atoms with Crippen LogP contribution >= 0.6 is 11.8 Å². The maximum atomic E-state index is 11.9. The predicted molar refractivity (Wildman–Crippen MR) is 84.1 cm³/mol. The normalized spacial score (nSPS) is 15.5. The maximum Gasteiger partial charge on any atom is 0.249 e. The summed E-state index contributed by atoms with van der Waals surface area (Å²) in [6.45, 7) is 1.84. The molecule has 0 aromatic carbocycles. The molecule has 116 valence electrons. The Bertz CT molecular complexity index is 627. The van der Waals surface area contributed by atoms with E-state index in [-0.39, 0.29) is 11.9 Å². The van der Waals surface area contributed by atoms with Crippen LogP contribution in [-0.2, 0) is 4.79 Å². The average molecular weight is 318 g/mol. The summed E-state index contributed by atoms with van der Waals surface area (Å²) in [7, 11) is 0. The number of hydrogen-bond acceptors (Lipinski definition) is 6. The zero-order chi connectivity index (χ0) is 15.4. The Morgan fingerprint density at radius 1 is 1.55 bits per heavy atom. The van der Waals surface area contributed by atoms with Crippen molar-refractivity contribution >= 4 is 17.7 Å². The molecule has 0 spiro atoms. The van der Waals surface area contributed by atoms with Gasteiger partial charge in [-0.25, -0.2) is 0 Å². The number of carbonyl (C=O) groups is 1. The van der Waals surface area contributed by atoms with Crippen molar-refractivity contribution in [3.05, 3.63) is 30.4 Å². The van der Waals surface area contributed by atoms with Crippen LogP contribution in [0, 0.1) is 5.92 Å². The van der Waals surface area contributed by atoms with Gasteiger partial charge in [-0.3, -0.25) is 9.78 Å². The first-order valence-corrected chi connectivity index (χ1v) is 8.49. The third-order valence-electron chi connectivity index (χ3n) is 3.39. The lowest BCUT2D eigenvalue weighted by Gasteiger charge is -2.09. The van der Waals surface area contributed by atoms with Gasteiger partial charge >= 0.3 is 0 Å². The van der Waals surface area contributed by atoms with E-state index in [4.69, 9.17) is 4.52 Å². The van der Waals surface area contributed by atoms with Gasteiger partial charge < -0.3 is 9.84 Å². The summed E-state index contributed by atoms with van der Waals surface area (Å²) >= 11 is 1.68. The SMILES string of the molecule is CC(NC(=O)CSCC1CC1)c1nc(-c2cccnc2)no1. The van der Waals surface area contributed by atoms with Crippen LogP contribution in [0.5, 0.6) is 0 Å². The van der Waals surface area contributed by atoms with Crippen molar-refractivity contribution in [1.29, 1.82) is 0 Å². The highest BCUT2D eigenvalue weighted by Gasteiger charge is 2.22. The summed E-state index contributed by atoms with van der Waals surface area (Å²) in [5.41, 5.74) is 0.788. The summed E-state index contributed by atoms with van der Waals surface area (Å²) in [5.74, 6) is 3.26. The Kier molecular flexibility index (Phi) is 4.72. The summed E-state index contributed by atoms with van der Waals surface area (Å²) in [5, 5.41) is 6.81. The number of thioether (sulfide) groups is 1. The van der Waals surface area contributed by atoms with Crippen molar-refractivity contribution in [1.82, 2.24) is 20.4 Å². The fourth-order valence-electron chi connectivity index (χ4n) is 1.97. The van der Waals surface area contributed by atoms with Crippen molar-refractivity contribution in [2.75, 3.05) is 11.5 Å². The zero-order valence-electron chi connectivity index (χ0n) is 12.4. The summed E-state index contributed by atoms with van der Waals surface area (Å²) in [4.78, 5) is 20.2. The van der Waals surface area contributed by atoms with Gasteiger partial charge in [0, 0.05) is 18.0 Å². The molecule has 2 aromatic rings. The minimum Gasteiger partial charge on any atom is -0.344 e. The molecule has 1 saturated carbocycles. The molecule has 1 amide bonds. The maximum absolute atomic E-state index is 11.9. The number of aromatic nitrogens is 3. The van der Waals surface area contributed by atoms with Crippen LogP contribution in [0.15, 0.2) is 29.0 Å². The van der Waals surface area contributed by atoms with Gasteiger partial charge in [0.05, 0.1) is 5.75 Å². The number of nitrogens with zero attached hydrogens (tertiary/aromatic N) is 3. The Labute approximate surface area is 133 Å². The van der Waals surface area contributed by atoms with Crippen molar-refractivity contribution < 1.29 is 9.32 Å². The van der Waals surface area contributed by atoms with Gasteiger partial charge in [0.15, 0.2) is 0 Å². The number of hydrogen-bond donors (Lipinski definition) is 1. The van der Waals surface area contributed by atoms with Gasteiger partial charge in [-0.05, 0) is 43.6 Å². The van der Waals surface area contributed by atoms with Crippen LogP contribution in [-0.4, -0.2) is 32.5 Å². The molecule has 1 atom stereocenters. The number of amides is 1. The van der Waals surface area contributed by atoms with Gasteiger partial charge in [0.25, 0.3) is 0 Å². The van der Waals surface area contributed by atoms with Crippen molar-refractivity contribution in [2.24, 2.45) is 5.92 Å². The first kappa shape index (κ1) is 15.0. The Balaban J connectivity index is 1.52. The van der Waals surface area contributed by atoms with Gasteiger partial charge in [-0.15, -0.1) is 0 Å². The zero-order valence-corrected chi connectivity index (χ0v) is 13.2. The van der Waals surface area contributed by atoms with E-state index in [1.54, 1.807) is 24.2 Å². The van der Waals surface area contributed by atoms with E-state index in [1.807, 2.05) is 19.1 Å². The first-order chi connectivity index (χ1) is 10.7. The molecule has 6 nitrogen and oxygen atoms in total. The summed E-state index contributed by atoms with van der Waals surface area (Å²) < 4.78 is 5.22. The topological polar surface area (TPSA) is 80.9 Å².